The largest absolute Gasteiger partial charge is 0.494 e. The van der Waals surface area contributed by atoms with Crippen molar-refractivity contribution in [3.05, 3.63) is 66.7 Å². The van der Waals surface area contributed by atoms with Gasteiger partial charge in [0.05, 0.1) is 6.61 Å². The molecule has 0 amide bonds. The zero-order valence-corrected chi connectivity index (χ0v) is 13.4. The van der Waals surface area contributed by atoms with Crippen LogP contribution in [0.2, 0.25) is 0 Å². The first kappa shape index (κ1) is 14.1. The zero-order chi connectivity index (χ0) is 15.6. The summed E-state index contributed by atoms with van der Waals surface area (Å²) < 4.78 is 5.84. The van der Waals surface area contributed by atoms with Crippen molar-refractivity contribution in [3.63, 3.8) is 0 Å². The van der Waals surface area contributed by atoms with Gasteiger partial charge in [-0.2, -0.15) is 0 Å². The molecule has 0 atom stereocenters. The fourth-order valence-electron chi connectivity index (χ4n) is 3.23. The van der Waals surface area contributed by atoms with Crippen molar-refractivity contribution < 1.29 is 4.74 Å². The number of fused-ring (bicyclic) bond motifs is 5. The minimum Gasteiger partial charge on any atom is -0.494 e. The third-order valence-corrected chi connectivity index (χ3v) is 4.48. The molecule has 0 saturated carbocycles. The van der Waals surface area contributed by atoms with Crippen LogP contribution in [0.3, 0.4) is 0 Å². The number of rotatable bonds is 4. The summed E-state index contributed by atoms with van der Waals surface area (Å²) in [6.45, 7) is 2.97. The van der Waals surface area contributed by atoms with Crippen LogP contribution in [0.15, 0.2) is 66.7 Å². The maximum Gasteiger partial charge on any atom is 0.119 e. The second-order valence-corrected chi connectivity index (χ2v) is 6.03. The average Bonchev–Trinajstić information content (AvgIpc) is 2.61. The predicted molar refractivity (Wildman–Crippen MR) is 99.4 cm³/mol. The highest BCUT2D eigenvalue weighted by Crippen LogP contribution is 2.32. The van der Waals surface area contributed by atoms with E-state index in [2.05, 4.69) is 73.7 Å². The van der Waals surface area contributed by atoms with Crippen molar-refractivity contribution in [2.24, 2.45) is 0 Å². The molecule has 4 aromatic carbocycles. The second-order valence-electron chi connectivity index (χ2n) is 6.03. The van der Waals surface area contributed by atoms with Crippen molar-refractivity contribution in [2.45, 2.75) is 19.8 Å². The van der Waals surface area contributed by atoms with E-state index in [1.807, 2.05) is 0 Å². The second kappa shape index (κ2) is 5.92. The van der Waals surface area contributed by atoms with Crippen molar-refractivity contribution in [1.82, 2.24) is 0 Å². The molecule has 0 fully saturated rings. The fourth-order valence-corrected chi connectivity index (χ4v) is 3.23. The Hall–Kier alpha value is -2.54. The van der Waals surface area contributed by atoms with Crippen molar-refractivity contribution >= 4 is 32.3 Å². The highest BCUT2D eigenvalue weighted by molar-refractivity contribution is 6.17. The van der Waals surface area contributed by atoms with Crippen LogP contribution in [0.5, 0.6) is 5.75 Å². The fraction of sp³-hybridized carbons (Fsp3) is 0.182. The minimum absolute atomic E-state index is 0.792. The first-order valence-corrected chi connectivity index (χ1v) is 8.34. The maximum absolute atomic E-state index is 5.84. The molecule has 114 valence electrons. The van der Waals surface area contributed by atoms with Gasteiger partial charge in [-0.15, -0.1) is 0 Å². The van der Waals surface area contributed by atoms with Crippen LogP contribution in [-0.4, -0.2) is 6.61 Å². The summed E-state index contributed by atoms with van der Waals surface area (Å²) in [6.07, 6.45) is 2.26. The van der Waals surface area contributed by atoms with E-state index in [1.54, 1.807) is 0 Å². The Morgan fingerprint density at radius 2 is 1.39 bits per heavy atom. The predicted octanol–water partition coefficient (Wildman–Crippen LogP) is 6.33. The van der Waals surface area contributed by atoms with E-state index in [-0.39, 0.29) is 0 Å². The lowest BCUT2D eigenvalue weighted by atomic mass is 9.97. The third-order valence-electron chi connectivity index (χ3n) is 4.48. The topological polar surface area (TPSA) is 9.23 Å². The molecule has 4 aromatic rings. The van der Waals surface area contributed by atoms with Crippen LogP contribution in [-0.2, 0) is 0 Å². The molecule has 0 aliphatic carbocycles. The molecule has 4 rings (SSSR count). The Balaban J connectivity index is 1.86. The van der Waals surface area contributed by atoms with E-state index in [9.17, 15) is 0 Å². The Kier molecular flexibility index (Phi) is 3.63. The smallest absolute Gasteiger partial charge is 0.119 e. The number of unbranched alkanes of at least 4 members (excludes halogenated alkanes) is 1. The van der Waals surface area contributed by atoms with Gasteiger partial charge in [0.1, 0.15) is 5.75 Å². The van der Waals surface area contributed by atoms with Crippen molar-refractivity contribution in [1.29, 1.82) is 0 Å². The van der Waals surface area contributed by atoms with E-state index in [4.69, 9.17) is 4.74 Å². The van der Waals surface area contributed by atoms with Gasteiger partial charge in [0, 0.05) is 0 Å². The van der Waals surface area contributed by atoms with Crippen LogP contribution in [0.1, 0.15) is 19.8 Å². The molecule has 23 heavy (non-hydrogen) atoms. The van der Waals surface area contributed by atoms with Crippen LogP contribution >= 0.6 is 0 Å². The van der Waals surface area contributed by atoms with Gasteiger partial charge in [0.15, 0.2) is 0 Å². The van der Waals surface area contributed by atoms with Crippen LogP contribution in [0, 0.1) is 0 Å². The summed E-state index contributed by atoms with van der Waals surface area (Å²) in [6, 6.07) is 23.9. The molecule has 0 heterocycles. The molecule has 0 aromatic heterocycles. The molecule has 0 radical (unpaired) electrons. The van der Waals surface area contributed by atoms with Gasteiger partial charge in [0.2, 0.25) is 0 Å². The molecule has 1 nitrogen and oxygen atoms in total. The summed E-state index contributed by atoms with van der Waals surface area (Å²) in [4.78, 5) is 0. The summed E-state index contributed by atoms with van der Waals surface area (Å²) in [5.74, 6) is 0.964. The molecule has 0 N–H and O–H groups in total. The maximum atomic E-state index is 5.84. The molecular formula is C22H20O. The number of ether oxygens (including phenoxy) is 1. The lowest BCUT2D eigenvalue weighted by molar-refractivity contribution is 0.310. The Morgan fingerprint density at radius 3 is 2.22 bits per heavy atom. The van der Waals surface area contributed by atoms with Gasteiger partial charge in [0.25, 0.3) is 0 Å². The molecular weight excluding hydrogens is 280 g/mol. The minimum atomic E-state index is 0.792. The number of hydrogen-bond donors (Lipinski definition) is 0. The van der Waals surface area contributed by atoms with E-state index < -0.39 is 0 Å². The van der Waals surface area contributed by atoms with Crippen LogP contribution in [0.25, 0.3) is 32.3 Å². The van der Waals surface area contributed by atoms with Crippen molar-refractivity contribution in [3.8, 4) is 5.75 Å². The van der Waals surface area contributed by atoms with E-state index in [1.165, 1.54) is 32.3 Å². The van der Waals surface area contributed by atoms with Gasteiger partial charge >= 0.3 is 0 Å². The summed E-state index contributed by atoms with van der Waals surface area (Å²) in [5.41, 5.74) is 0. The van der Waals surface area contributed by atoms with E-state index in [0.717, 1.165) is 25.2 Å². The normalized spacial score (nSPS) is 11.3. The summed E-state index contributed by atoms with van der Waals surface area (Å²) in [5, 5.41) is 7.75. The zero-order valence-electron chi connectivity index (χ0n) is 13.4. The number of benzene rings is 4. The molecule has 0 unspecified atom stereocenters. The van der Waals surface area contributed by atoms with Gasteiger partial charge in [-0.3, -0.25) is 0 Å². The summed E-state index contributed by atoms with van der Waals surface area (Å²) in [7, 11) is 0. The third kappa shape index (κ3) is 2.53. The van der Waals surface area contributed by atoms with Crippen LogP contribution < -0.4 is 4.74 Å². The van der Waals surface area contributed by atoms with Crippen molar-refractivity contribution in [2.75, 3.05) is 6.61 Å². The van der Waals surface area contributed by atoms with E-state index in [0.29, 0.717) is 0 Å². The quantitative estimate of drug-likeness (QED) is 0.316. The van der Waals surface area contributed by atoms with Gasteiger partial charge in [-0.1, -0.05) is 67.9 Å². The molecule has 0 spiro atoms. The molecule has 0 aliphatic rings. The molecule has 0 saturated heterocycles. The Labute approximate surface area is 136 Å². The SMILES string of the molecule is CCCCOc1ccc2c(ccc3c4ccccc4ccc23)c1. The monoisotopic (exact) mass is 300 g/mol. The number of hydrogen-bond acceptors (Lipinski definition) is 1. The molecule has 1 heteroatoms. The van der Waals surface area contributed by atoms with Gasteiger partial charge in [-0.05, 0) is 50.9 Å². The molecule has 0 aliphatic heterocycles. The molecule has 0 bridgehead atoms. The summed E-state index contributed by atoms with van der Waals surface area (Å²) >= 11 is 0. The Morgan fingerprint density at radius 1 is 0.696 bits per heavy atom. The lowest BCUT2D eigenvalue weighted by Gasteiger charge is -2.10. The first-order chi connectivity index (χ1) is 11.4. The first-order valence-electron chi connectivity index (χ1n) is 8.34. The average molecular weight is 300 g/mol. The highest BCUT2D eigenvalue weighted by Gasteiger charge is 2.05. The highest BCUT2D eigenvalue weighted by atomic mass is 16.5. The van der Waals surface area contributed by atoms with Gasteiger partial charge < -0.3 is 4.74 Å². The van der Waals surface area contributed by atoms with E-state index >= 15 is 0 Å². The van der Waals surface area contributed by atoms with Crippen LogP contribution in [0.4, 0.5) is 0 Å². The lowest BCUT2D eigenvalue weighted by Crippen LogP contribution is -1.96. The Bertz CT molecular complexity index is 985. The van der Waals surface area contributed by atoms with Gasteiger partial charge in [-0.25, -0.2) is 0 Å². The standard InChI is InChI=1S/C22H20O/c1-2-3-14-23-18-10-13-20-17(15-18)9-12-21-19-7-5-4-6-16(19)8-11-22(20)21/h4-13,15H,2-3,14H2,1H3.